The van der Waals surface area contributed by atoms with Gasteiger partial charge in [0.2, 0.25) is 0 Å². The highest BCUT2D eigenvalue weighted by Gasteiger charge is 2.32. The standard InChI is InChI=1S/C13H21BrN2OS/c1-3-10-8-17-9(2)7-16(10)12(6-15)13-11(14)4-5-18-13/h4-5,9-10,12H,3,6-8,15H2,1-2H3. The van der Waals surface area contributed by atoms with Crippen LogP contribution < -0.4 is 5.73 Å². The number of halogens is 1. The van der Waals surface area contributed by atoms with Gasteiger partial charge in [-0.05, 0) is 40.7 Å². The van der Waals surface area contributed by atoms with Gasteiger partial charge in [-0.15, -0.1) is 11.3 Å². The Morgan fingerprint density at radius 3 is 3.00 bits per heavy atom. The van der Waals surface area contributed by atoms with E-state index in [0.29, 0.717) is 24.7 Å². The maximum Gasteiger partial charge on any atom is 0.0675 e. The van der Waals surface area contributed by atoms with Crippen LogP contribution >= 0.6 is 27.3 Å². The molecule has 3 unspecified atom stereocenters. The molecule has 1 aromatic heterocycles. The molecule has 0 bridgehead atoms. The second kappa shape index (κ2) is 6.48. The highest BCUT2D eigenvalue weighted by molar-refractivity contribution is 9.10. The number of morpholine rings is 1. The van der Waals surface area contributed by atoms with Gasteiger partial charge in [-0.2, -0.15) is 0 Å². The molecule has 3 nitrogen and oxygen atoms in total. The molecule has 1 saturated heterocycles. The predicted molar refractivity (Wildman–Crippen MR) is 80.0 cm³/mol. The quantitative estimate of drug-likeness (QED) is 0.921. The van der Waals surface area contributed by atoms with Crippen LogP contribution in [0.1, 0.15) is 31.2 Å². The van der Waals surface area contributed by atoms with Crippen LogP contribution in [-0.2, 0) is 4.74 Å². The molecular formula is C13H21BrN2OS. The summed E-state index contributed by atoms with van der Waals surface area (Å²) in [4.78, 5) is 3.86. The van der Waals surface area contributed by atoms with Crippen LogP contribution in [0.2, 0.25) is 0 Å². The lowest BCUT2D eigenvalue weighted by molar-refractivity contribution is -0.0715. The molecule has 5 heteroatoms. The van der Waals surface area contributed by atoms with Crippen LogP contribution in [0.3, 0.4) is 0 Å². The van der Waals surface area contributed by atoms with Crippen LogP contribution in [0.25, 0.3) is 0 Å². The van der Waals surface area contributed by atoms with E-state index in [2.05, 4.69) is 46.1 Å². The lowest BCUT2D eigenvalue weighted by atomic mass is 10.1. The molecule has 2 heterocycles. The number of nitrogens with two attached hydrogens (primary N) is 1. The van der Waals surface area contributed by atoms with E-state index in [1.54, 1.807) is 11.3 Å². The second-order valence-electron chi connectivity index (χ2n) is 4.79. The van der Waals surface area contributed by atoms with Crippen molar-refractivity contribution in [2.75, 3.05) is 19.7 Å². The molecule has 1 aliphatic heterocycles. The van der Waals surface area contributed by atoms with Gasteiger partial charge in [0.15, 0.2) is 0 Å². The largest absolute Gasteiger partial charge is 0.376 e. The Morgan fingerprint density at radius 2 is 2.44 bits per heavy atom. The Balaban J connectivity index is 2.22. The van der Waals surface area contributed by atoms with Gasteiger partial charge in [-0.25, -0.2) is 0 Å². The average Bonchev–Trinajstić information content (AvgIpc) is 2.77. The van der Waals surface area contributed by atoms with Crippen molar-refractivity contribution in [1.82, 2.24) is 4.90 Å². The van der Waals surface area contributed by atoms with E-state index in [4.69, 9.17) is 10.5 Å². The van der Waals surface area contributed by atoms with Crippen molar-refractivity contribution < 1.29 is 4.74 Å². The summed E-state index contributed by atoms with van der Waals surface area (Å²) in [5.74, 6) is 0. The molecule has 0 saturated carbocycles. The fraction of sp³-hybridized carbons (Fsp3) is 0.692. The highest BCUT2D eigenvalue weighted by atomic mass is 79.9. The van der Waals surface area contributed by atoms with Crippen molar-refractivity contribution in [3.63, 3.8) is 0 Å². The summed E-state index contributed by atoms with van der Waals surface area (Å²) in [6, 6.07) is 2.88. The number of rotatable bonds is 4. The van der Waals surface area contributed by atoms with E-state index in [9.17, 15) is 0 Å². The molecular weight excluding hydrogens is 312 g/mol. The number of nitrogens with zero attached hydrogens (tertiary/aromatic N) is 1. The first kappa shape index (κ1) is 14.5. The SMILES string of the molecule is CCC1COC(C)CN1C(CN)c1sccc1Br. The molecule has 0 amide bonds. The van der Waals surface area contributed by atoms with Gasteiger partial charge < -0.3 is 10.5 Å². The van der Waals surface area contributed by atoms with Gasteiger partial charge in [0, 0.05) is 28.5 Å². The molecule has 18 heavy (non-hydrogen) atoms. The summed E-state index contributed by atoms with van der Waals surface area (Å²) in [7, 11) is 0. The number of ether oxygens (including phenoxy) is 1. The van der Waals surface area contributed by atoms with Crippen molar-refractivity contribution in [3.8, 4) is 0 Å². The Kier molecular flexibility index (Phi) is 5.21. The molecule has 1 fully saturated rings. The van der Waals surface area contributed by atoms with Gasteiger partial charge in [0.25, 0.3) is 0 Å². The number of hydrogen-bond donors (Lipinski definition) is 1. The minimum Gasteiger partial charge on any atom is -0.376 e. The second-order valence-corrected chi connectivity index (χ2v) is 6.59. The van der Waals surface area contributed by atoms with Crippen molar-refractivity contribution in [2.24, 2.45) is 5.73 Å². The zero-order valence-corrected chi connectivity index (χ0v) is 13.3. The van der Waals surface area contributed by atoms with E-state index >= 15 is 0 Å². The van der Waals surface area contributed by atoms with Crippen molar-refractivity contribution in [2.45, 2.75) is 38.5 Å². The third kappa shape index (κ3) is 2.96. The van der Waals surface area contributed by atoms with Crippen LogP contribution in [0.5, 0.6) is 0 Å². The summed E-state index contributed by atoms with van der Waals surface area (Å²) in [6.07, 6.45) is 1.40. The number of hydrogen-bond acceptors (Lipinski definition) is 4. The van der Waals surface area contributed by atoms with E-state index < -0.39 is 0 Å². The lowest BCUT2D eigenvalue weighted by Crippen LogP contribution is -2.51. The van der Waals surface area contributed by atoms with Crippen LogP contribution in [0.15, 0.2) is 15.9 Å². The minimum absolute atomic E-state index is 0.292. The third-order valence-electron chi connectivity index (χ3n) is 3.55. The highest BCUT2D eigenvalue weighted by Crippen LogP contribution is 2.35. The van der Waals surface area contributed by atoms with E-state index in [1.165, 1.54) is 9.35 Å². The Morgan fingerprint density at radius 1 is 1.67 bits per heavy atom. The summed E-state index contributed by atoms with van der Waals surface area (Å²) in [5.41, 5.74) is 6.03. The summed E-state index contributed by atoms with van der Waals surface area (Å²) in [6.45, 7) is 6.79. The summed E-state index contributed by atoms with van der Waals surface area (Å²) in [5, 5.41) is 2.12. The molecule has 1 aromatic rings. The third-order valence-corrected chi connectivity index (χ3v) is 5.52. The Labute approximate surface area is 121 Å². The average molecular weight is 333 g/mol. The fourth-order valence-corrected chi connectivity index (χ4v) is 4.31. The molecule has 0 aliphatic carbocycles. The molecule has 0 radical (unpaired) electrons. The first-order valence-corrected chi connectivity index (χ1v) is 8.14. The smallest absolute Gasteiger partial charge is 0.0675 e. The molecule has 1 aliphatic rings. The van der Waals surface area contributed by atoms with Gasteiger partial charge in [-0.3, -0.25) is 4.90 Å². The fourth-order valence-electron chi connectivity index (χ4n) is 2.54. The maximum atomic E-state index is 6.03. The van der Waals surface area contributed by atoms with Gasteiger partial charge in [0.05, 0.1) is 18.8 Å². The van der Waals surface area contributed by atoms with Crippen molar-refractivity contribution in [3.05, 3.63) is 20.8 Å². The van der Waals surface area contributed by atoms with Gasteiger partial charge in [-0.1, -0.05) is 6.92 Å². The zero-order valence-electron chi connectivity index (χ0n) is 10.9. The van der Waals surface area contributed by atoms with Gasteiger partial charge >= 0.3 is 0 Å². The maximum absolute atomic E-state index is 6.03. The van der Waals surface area contributed by atoms with Crippen LogP contribution in [0.4, 0.5) is 0 Å². The van der Waals surface area contributed by atoms with E-state index in [1.807, 2.05) is 0 Å². The topological polar surface area (TPSA) is 38.5 Å². The first-order chi connectivity index (χ1) is 8.67. The zero-order chi connectivity index (χ0) is 13.1. The van der Waals surface area contributed by atoms with E-state index in [0.717, 1.165) is 19.6 Å². The Bertz CT molecular complexity index is 385. The number of thiophene rings is 1. The monoisotopic (exact) mass is 332 g/mol. The summed E-state index contributed by atoms with van der Waals surface area (Å²) >= 11 is 5.41. The minimum atomic E-state index is 0.292. The Hall–Kier alpha value is 0.0600. The molecule has 0 spiro atoms. The van der Waals surface area contributed by atoms with Crippen LogP contribution in [0, 0.1) is 0 Å². The van der Waals surface area contributed by atoms with Crippen molar-refractivity contribution in [1.29, 1.82) is 0 Å². The van der Waals surface area contributed by atoms with Crippen LogP contribution in [-0.4, -0.2) is 36.7 Å². The molecule has 2 N–H and O–H groups in total. The van der Waals surface area contributed by atoms with Crippen molar-refractivity contribution >= 4 is 27.3 Å². The van der Waals surface area contributed by atoms with Gasteiger partial charge in [0.1, 0.15) is 0 Å². The lowest BCUT2D eigenvalue weighted by Gasteiger charge is -2.42. The first-order valence-electron chi connectivity index (χ1n) is 6.47. The molecule has 2 rings (SSSR count). The van der Waals surface area contributed by atoms with E-state index in [-0.39, 0.29) is 0 Å². The molecule has 102 valence electrons. The summed E-state index contributed by atoms with van der Waals surface area (Å²) < 4.78 is 6.94. The molecule has 3 atom stereocenters. The molecule has 0 aromatic carbocycles. The normalized spacial score (nSPS) is 27.3. The predicted octanol–water partition coefficient (Wildman–Crippen LogP) is 3.01.